The summed E-state index contributed by atoms with van der Waals surface area (Å²) in [4.78, 5) is 8.83. The number of benzene rings is 1. The minimum Gasteiger partial charge on any atom is -0.439 e. The lowest BCUT2D eigenvalue weighted by Gasteiger charge is -2.12. The van der Waals surface area contributed by atoms with Gasteiger partial charge in [0.05, 0.1) is 0 Å². The highest BCUT2D eigenvalue weighted by molar-refractivity contribution is 9.10. The summed E-state index contributed by atoms with van der Waals surface area (Å²) >= 11 is 3.42. The molecule has 0 unspecified atom stereocenters. The van der Waals surface area contributed by atoms with Crippen LogP contribution in [-0.4, -0.2) is 9.97 Å². The maximum Gasteiger partial charge on any atom is 0.223 e. The number of aryl methyl sites for hydroxylation is 2. The number of rotatable bonds is 5. The topological polar surface area (TPSA) is 35.0 Å². The van der Waals surface area contributed by atoms with Gasteiger partial charge in [-0.2, -0.15) is 4.98 Å². The molecule has 4 heteroatoms. The standard InChI is InChI=1S/C17H21BrN2O/c1-5-6-16-19-15(18)10-17(20-16)21-14-9-13(11(2)3)8-7-12(14)4/h7-11H,5-6H2,1-4H3. The van der Waals surface area contributed by atoms with Crippen molar-refractivity contribution in [3.8, 4) is 11.6 Å². The number of ether oxygens (including phenoxy) is 1. The zero-order chi connectivity index (χ0) is 15.4. The molecule has 0 atom stereocenters. The molecule has 0 N–H and O–H groups in total. The van der Waals surface area contributed by atoms with Gasteiger partial charge in [-0.25, -0.2) is 4.98 Å². The fraction of sp³-hybridized carbons (Fsp3) is 0.412. The molecule has 112 valence electrons. The molecular formula is C17H21BrN2O. The predicted octanol–water partition coefficient (Wildman–Crippen LogP) is 5.42. The summed E-state index contributed by atoms with van der Waals surface area (Å²) in [6.07, 6.45) is 1.86. The highest BCUT2D eigenvalue weighted by atomic mass is 79.9. The van der Waals surface area contributed by atoms with Crippen molar-refractivity contribution in [3.63, 3.8) is 0 Å². The molecule has 0 fully saturated rings. The highest BCUT2D eigenvalue weighted by Crippen LogP contribution is 2.28. The predicted molar refractivity (Wildman–Crippen MR) is 89.1 cm³/mol. The van der Waals surface area contributed by atoms with Crippen LogP contribution in [0.4, 0.5) is 0 Å². The lowest BCUT2D eigenvalue weighted by Crippen LogP contribution is -1.99. The first kappa shape index (κ1) is 16.0. The van der Waals surface area contributed by atoms with Crippen molar-refractivity contribution in [2.24, 2.45) is 0 Å². The number of halogens is 1. The molecule has 1 aromatic carbocycles. The van der Waals surface area contributed by atoms with Gasteiger partial charge >= 0.3 is 0 Å². The first-order valence-electron chi connectivity index (χ1n) is 7.31. The molecule has 0 amide bonds. The van der Waals surface area contributed by atoms with Gasteiger partial charge in [0.15, 0.2) is 0 Å². The summed E-state index contributed by atoms with van der Waals surface area (Å²) in [5.74, 6) is 2.72. The van der Waals surface area contributed by atoms with E-state index >= 15 is 0 Å². The summed E-state index contributed by atoms with van der Waals surface area (Å²) in [5, 5.41) is 0. The van der Waals surface area contributed by atoms with Crippen LogP contribution in [0.1, 0.15) is 50.1 Å². The summed E-state index contributed by atoms with van der Waals surface area (Å²) in [6.45, 7) is 8.51. The van der Waals surface area contributed by atoms with Crippen molar-refractivity contribution in [3.05, 3.63) is 45.8 Å². The molecule has 2 aromatic rings. The van der Waals surface area contributed by atoms with Crippen molar-refractivity contribution in [2.75, 3.05) is 0 Å². The molecule has 0 saturated carbocycles. The Morgan fingerprint density at radius 1 is 1.19 bits per heavy atom. The molecule has 0 aliphatic carbocycles. The second kappa shape index (κ2) is 7.03. The van der Waals surface area contributed by atoms with E-state index in [1.807, 2.05) is 6.92 Å². The molecule has 0 aliphatic heterocycles. The highest BCUT2D eigenvalue weighted by Gasteiger charge is 2.09. The van der Waals surface area contributed by atoms with E-state index in [4.69, 9.17) is 4.74 Å². The zero-order valence-electron chi connectivity index (χ0n) is 13.0. The zero-order valence-corrected chi connectivity index (χ0v) is 14.6. The molecule has 0 spiro atoms. The van der Waals surface area contributed by atoms with E-state index in [0.717, 1.165) is 34.6 Å². The molecule has 2 rings (SSSR count). The second-order valence-corrected chi connectivity index (χ2v) is 6.29. The molecule has 1 aromatic heterocycles. The van der Waals surface area contributed by atoms with E-state index in [1.165, 1.54) is 5.56 Å². The van der Waals surface area contributed by atoms with E-state index in [2.05, 4.69) is 64.9 Å². The average molecular weight is 349 g/mol. The smallest absolute Gasteiger partial charge is 0.223 e. The van der Waals surface area contributed by atoms with Crippen LogP contribution in [0.25, 0.3) is 0 Å². The maximum atomic E-state index is 5.99. The molecule has 0 radical (unpaired) electrons. The molecule has 0 bridgehead atoms. The Morgan fingerprint density at radius 3 is 2.62 bits per heavy atom. The Labute approximate surface area is 134 Å². The van der Waals surface area contributed by atoms with Crippen LogP contribution in [0, 0.1) is 6.92 Å². The molecular weight excluding hydrogens is 328 g/mol. The number of nitrogens with zero attached hydrogens (tertiary/aromatic N) is 2. The third-order valence-electron chi connectivity index (χ3n) is 3.28. The van der Waals surface area contributed by atoms with Gasteiger partial charge in [-0.15, -0.1) is 0 Å². The van der Waals surface area contributed by atoms with Crippen LogP contribution < -0.4 is 4.74 Å². The molecule has 1 heterocycles. The Kier molecular flexibility index (Phi) is 5.34. The Hall–Kier alpha value is -1.42. The minimum atomic E-state index is 0.473. The van der Waals surface area contributed by atoms with Crippen LogP contribution in [0.2, 0.25) is 0 Å². The van der Waals surface area contributed by atoms with E-state index in [-0.39, 0.29) is 0 Å². The van der Waals surface area contributed by atoms with Crippen LogP contribution in [0.5, 0.6) is 11.6 Å². The van der Waals surface area contributed by atoms with Gasteiger partial charge in [0, 0.05) is 12.5 Å². The Balaban J connectivity index is 2.31. The second-order valence-electron chi connectivity index (χ2n) is 5.48. The average Bonchev–Trinajstić information content (AvgIpc) is 2.40. The number of aromatic nitrogens is 2. The monoisotopic (exact) mass is 348 g/mol. The quantitative estimate of drug-likeness (QED) is 0.677. The van der Waals surface area contributed by atoms with Crippen molar-refractivity contribution in [2.45, 2.75) is 46.5 Å². The molecule has 0 saturated heterocycles. The SMILES string of the molecule is CCCc1nc(Br)cc(Oc2cc(C(C)C)ccc2C)n1. The Bertz CT molecular complexity index is 626. The maximum absolute atomic E-state index is 5.99. The van der Waals surface area contributed by atoms with Crippen molar-refractivity contribution >= 4 is 15.9 Å². The van der Waals surface area contributed by atoms with Crippen molar-refractivity contribution in [1.82, 2.24) is 9.97 Å². The number of hydrogen-bond donors (Lipinski definition) is 0. The minimum absolute atomic E-state index is 0.473. The summed E-state index contributed by atoms with van der Waals surface area (Å²) < 4.78 is 6.74. The normalized spacial score (nSPS) is 11.0. The van der Waals surface area contributed by atoms with Crippen molar-refractivity contribution in [1.29, 1.82) is 0 Å². The van der Waals surface area contributed by atoms with E-state index < -0.39 is 0 Å². The van der Waals surface area contributed by atoms with Gasteiger partial charge in [-0.3, -0.25) is 0 Å². The molecule has 21 heavy (non-hydrogen) atoms. The molecule has 3 nitrogen and oxygen atoms in total. The van der Waals surface area contributed by atoms with E-state index in [9.17, 15) is 0 Å². The summed E-state index contributed by atoms with van der Waals surface area (Å²) in [7, 11) is 0. The first-order valence-corrected chi connectivity index (χ1v) is 8.10. The fourth-order valence-corrected chi connectivity index (χ4v) is 2.43. The van der Waals surface area contributed by atoms with E-state index in [0.29, 0.717) is 11.8 Å². The first-order chi connectivity index (χ1) is 9.99. The fourth-order valence-electron chi connectivity index (χ4n) is 2.03. The third-order valence-corrected chi connectivity index (χ3v) is 3.69. The van der Waals surface area contributed by atoms with Gasteiger partial charge < -0.3 is 4.74 Å². The van der Waals surface area contributed by atoms with Gasteiger partial charge in [-0.1, -0.05) is 32.9 Å². The molecule has 0 aliphatic rings. The number of hydrogen-bond acceptors (Lipinski definition) is 3. The van der Waals surface area contributed by atoms with Crippen LogP contribution in [-0.2, 0) is 6.42 Å². The van der Waals surface area contributed by atoms with Gasteiger partial charge in [0.25, 0.3) is 0 Å². The third kappa shape index (κ3) is 4.27. The van der Waals surface area contributed by atoms with Gasteiger partial charge in [0.2, 0.25) is 5.88 Å². The summed E-state index contributed by atoms with van der Waals surface area (Å²) in [5.41, 5.74) is 2.36. The lowest BCUT2D eigenvalue weighted by atomic mass is 10.0. The van der Waals surface area contributed by atoms with Crippen LogP contribution in [0.3, 0.4) is 0 Å². The lowest BCUT2D eigenvalue weighted by molar-refractivity contribution is 0.453. The Morgan fingerprint density at radius 2 is 1.95 bits per heavy atom. The van der Waals surface area contributed by atoms with Crippen molar-refractivity contribution < 1.29 is 4.74 Å². The van der Waals surface area contributed by atoms with Crippen LogP contribution >= 0.6 is 15.9 Å². The summed E-state index contributed by atoms with van der Waals surface area (Å²) in [6, 6.07) is 8.13. The van der Waals surface area contributed by atoms with Crippen LogP contribution in [0.15, 0.2) is 28.9 Å². The van der Waals surface area contributed by atoms with Gasteiger partial charge in [-0.05, 0) is 52.4 Å². The largest absolute Gasteiger partial charge is 0.439 e. The van der Waals surface area contributed by atoms with E-state index in [1.54, 1.807) is 6.07 Å². The van der Waals surface area contributed by atoms with Gasteiger partial charge in [0.1, 0.15) is 16.2 Å².